The van der Waals surface area contributed by atoms with Gasteiger partial charge in [0.15, 0.2) is 0 Å². The fourth-order valence-corrected chi connectivity index (χ4v) is 2.53. The molecule has 118 valence electrons. The Hall–Kier alpha value is -2.80. The molecule has 3 N–H and O–H groups in total. The molecule has 0 bridgehead atoms. The first-order valence-corrected chi connectivity index (χ1v) is 6.98. The summed E-state index contributed by atoms with van der Waals surface area (Å²) in [5.41, 5.74) is 6.37. The van der Waals surface area contributed by atoms with Crippen molar-refractivity contribution in [1.82, 2.24) is 15.0 Å². The standard InChI is InChI=1S/C15H13ClN4O3/c1-22-8-4-9(12(16)11(5-8)23-2)10-3-7-6-18-15(17)20-13(7)19-14(10)21/h3-6H,1-2H3,(H3,17,18,19,20,21). The summed E-state index contributed by atoms with van der Waals surface area (Å²) in [5.74, 6) is 1.02. The summed E-state index contributed by atoms with van der Waals surface area (Å²) < 4.78 is 10.5. The van der Waals surface area contributed by atoms with Gasteiger partial charge in [-0.3, -0.25) is 4.79 Å². The molecule has 23 heavy (non-hydrogen) atoms. The number of nitrogen functional groups attached to an aromatic ring is 1. The minimum atomic E-state index is -0.354. The van der Waals surface area contributed by atoms with E-state index in [0.29, 0.717) is 38.7 Å². The number of aromatic amines is 1. The summed E-state index contributed by atoms with van der Waals surface area (Å²) in [6.45, 7) is 0. The summed E-state index contributed by atoms with van der Waals surface area (Å²) in [6.07, 6.45) is 1.53. The second-order valence-corrected chi connectivity index (χ2v) is 5.11. The Labute approximate surface area is 136 Å². The first-order valence-electron chi connectivity index (χ1n) is 6.61. The molecule has 0 fully saturated rings. The average Bonchev–Trinajstić information content (AvgIpc) is 2.54. The Kier molecular flexibility index (Phi) is 3.79. The number of methoxy groups -OCH3 is 2. The number of rotatable bonds is 3. The first-order chi connectivity index (χ1) is 11.0. The highest BCUT2D eigenvalue weighted by molar-refractivity contribution is 6.35. The molecule has 0 saturated carbocycles. The number of benzene rings is 1. The fraction of sp³-hybridized carbons (Fsp3) is 0.133. The van der Waals surface area contributed by atoms with Crippen LogP contribution in [0.15, 0.2) is 29.2 Å². The second-order valence-electron chi connectivity index (χ2n) is 4.74. The average molecular weight is 333 g/mol. The zero-order chi connectivity index (χ0) is 16.6. The lowest BCUT2D eigenvalue weighted by Gasteiger charge is -2.11. The van der Waals surface area contributed by atoms with Crippen LogP contribution in [0.25, 0.3) is 22.2 Å². The van der Waals surface area contributed by atoms with Crippen LogP contribution in [0.3, 0.4) is 0 Å². The predicted octanol–water partition coefficient (Wildman–Crippen LogP) is 2.24. The summed E-state index contributed by atoms with van der Waals surface area (Å²) in [7, 11) is 3.01. The van der Waals surface area contributed by atoms with Gasteiger partial charge in [0.2, 0.25) is 5.95 Å². The molecule has 8 heteroatoms. The molecule has 0 aliphatic carbocycles. The quantitative estimate of drug-likeness (QED) is 0.762. The van der Waals surface area contributed by atoms with Crippen molar-refractivity contribution < 1.29 is 9.47 Å². The van der Waals surface area contributed by atoms with Crippen molar-refractivity contribution in [3.05, 3.63) is 39.8 Å². The highest BCUT2D eigenvalue weighted by atomic mass is 35.5. The number of halogens is 1. The molecule has 0 aliphatic heterocycles. The molecule has 2 aromatic heterocycles. The van der Waals surface area contributed by atoms with Crippen molar-refractivity contribution in [2.45, 2.75) is 0 Å². The van der Waals surface area contributed by atoms with Crippen molar-refractivity contribution in [3.63, 3.8) is 0 Å². The van der Waals surface area contributed by atoms with E-state index in [2.05, 4.69) is 15.0 Å². The minimum absolute atomic E-state index is 0.0852. The van der Waals surface area contributed by atoms with Gasteiger partial charge in [-0.2, -0.15) is 4.98 Å². The number of aromatic nitrogens is 3. The van der Waals surface area contributed by atoms with E-state index in [1.54, 1.807) is 18.2 Å². The van der Waals surface area contributed by atoms with Gasteiger partial charge in [0.1, 0.15) is 17.1 Å². The van der Waals surface area contributed by atoms with Gasteiger partial charge in [-0.25, -0.2) is 4.98 Å². The summed E-state index contributed by atoms with van der Waals surface area (Å²) >= 11 is 6.34. The van der Waals surface area contributed by atoms with E-state index in [1.807, 2.05) is 0 Å². The van der Waals surface area contributed by atoms with Crippen LogP contribution in [0, 0.1) is 0 Å². The molecule has 2 heterocycles. The molecule has 0 radical (unpaired) electrons. The van der Waals surface area contributed by atoms with E-state index >= 15 is 0 Å². The number of pyridine rings is 1. The van der Waals surface area contributed by atoms with Gasteiger partial charge >= 0.3 is 0 Å². The number of hydrogen-bond acceptors (Lipinski definition) is 6. The van der Waals surface area contributed by atoms with E-state index in [-0.39, 0.29) is 11.5 Å². The van der Waals surface area contributed by atoms with Crippen LogP contribution in [0.4, 0.5) is 5.95 Å². The van der Waals surface area contributed by atoms with Gasteiger partial charge in [-0.05, 0) is 12.1 Å². The van der Waals surface area contributed by atoms with Crippen LogP contribution in [0.1, 0.15) is 0 Å². The lowest BCUT2D eigenvalue weighted by atomic mass is 10.1. The Morgan fingerprint density at radius 1 is 1.17 bits per heavy atom. The molecule has 0 amide bonds. The Morgan fingerprint density at radius 3 is 2.65 bits per heavy atom. The van der Waals surface area contributed by atoms with Gasteiger partial charge < -0.3 is 20.2 Å². The van der Waals surface area contributed by atoms with Crippen molar-refractivity contribution in [3.8, 4) is 22.6 Å². The predicted molar refractivity (Wildman–Crippen MR) is 88.1 cm³/mol. The third-order valence-electron chi connectivity index (χ3n) is 3.37. The topological polar surface area (TPSA) is 103 Å². The maximum absolute atomic E-state index is 12.4. The van der Waals surface area contributed by atoms with Crippen LogP contribution >= 0.6 is 11.6 Å². The number of anilines is 1. The van der Waals surface area contributed by atoms with Crippen LogP contribution in [-0.4, -0.2) is 29.2 Å². The molecule has 0 unspecified atom stereocenters. The lowest BCUT2D eigenvalue weighted by Crippen LogP contribution is -2.11. The Bertz CT molecular complexity index is 955. The number of H-pyrrole nitrogens is 1. The van der Waals surface area contributed by atoms with Crippen molar-refractivity contribution in [1.29, 1.82) is 0 Å². The molecule has 3 aromatic rings. The summed E-state index contributed by atoms with van der Waals surface area (Å²) in [5, 5.41) is 0.946. The van der Waals surface area contributed by atoms with Gasteiger partial charge in [-0.1, -0.05) is 11.6 Å². The number of ether oxygens (including phenoxy) is 2. The molecule has 0 saturated heterocycles. The number of nitrogens with one attached hydrogen (secondary N) is 1. The SMILES string of the molecule is COc1cc(OC)c(Cl)c(-c2cc3cnc(N)nc3[nH]c2=O)c1. The van der Waals surface area contributed by atoms with E-state index < -0.39 is 0 Å². The molecule has 3 rings (SSSR count). The lowest BCUT2D eigenvalue weighted by molar-refractivity contribution is 0.395. The fourth-order valence-electron chi connectivity index (χ4n) is 2.24. The number of nitrogens with two attached hydrogens (primary N) is 1. The summed E-state index contributed by atoms with van der Waals surface area (Å²) in [4.78, 5) is 23.0. The smallest absolute Gasteiger partial charge is 0.257 e. The largest absolute Gasteiger partial charge is 0.497 e. The highest BCUT2D eigenvalue weighted by Gasteiger charge is 2.16. The van der Waals surface area contributed by atoms with E-state index in [0.717, 1.165) is 0 Å². The zero-order valence-electron chi connectivity index (χ0n) is 12.4. The second kappa shape index (κ2) is 5.77. The number of hydrogen-bond donors (Lipinski definition) is 2. The molecular formula is C15H13ClN4O3. The van der Waals surface area contributed by atoms with E-state index in [4.69, 9.17) is 26.8 Å². The van der Waals surface area contributed by atoms with Crippen LogP contribution in [0.2, 0.25) is 5.02 Å². The Balaban J connectivity index is 2.30. The van der Waals surface area contributed by atoms with Gasteiger partial charge in [0.05, 0.1) is 19.2 Å². The monoisotopic (exact) mass is 332 g/mol. The van der Waals surface area contributed by atoms with Gasteiger partial charge in [0, 0.05) is 28.8 Å². The van der Waals surface area contributed by atoms with Crippen LogP contribution in [-0.2, 0) is 0 Å². The van der Waals surface area contributed by atoms with E-state index in [1.165, 1.54) is 20.4 Å². The first kappa shape index (κ1) is 15.1. The van der Waals surface area contributed by atoms with Crippen LogP contribution in [0.5, 0.6) is 11.5 Å². The van der Waals surface area contributed by atoms with Crippen molar-refractivity contribution >= 4 is 28.6 Å². The number of nitrogens with zero attached hydrogens (tertiary/aromatic N) is 2. The summed E-state index contributed by atoms with van der Waals surface area (Å²) in [6, 6.07) is 4.96. The molecule has 0 spiro atoms. The normalized spacial score (nSPS) is 10.7. The van der Waals surface area contributed by atoms with Gasteiger partial charge in [0.25, 0.3) is 5.56 Å². The van der Waals surface area contributed by atoms with E-state index in [9.17, 15) is 4.79 Å². The van der Waals surface area contributed by atoms with Crippen LogP contribution < -0.4 is 20.8 Å². The Morgan fingerprint density at radius 2 is 1.96 bits per heavy atom. The third kappa shape index (κ3) is 2.66. The van der Waals surface area contributed by atoms with Crippen molar-refractivity contribution in [2.75, 3.05) is 20.0 Å². The molecule has 0 aliphatic rings. The molecule has 7 nitrogen and oxygen atoms in total. The highest BCUT2D eigenvalue weighted by Crippen LogP contribution is 2.38. The zero-order valence-corrected chi connectivity index (χ0v) is 13.1. The molecule has 1 aromatic carbocycles. The van der Waals surface area contributed by atoms with Gasteiger partial charge in [-0.15, -0.1) is 0 Å². The molecular weight excluding hydrogens is 320 g/mol. The molecule has 0 atom stereocenters. The maximum atomic E-state index is 12.4. The van der Waals surface area contributed by atoms with Crippen molar-refractivity contribution in [2.24, 2.45) is 0 Å². The third-order valence-corrected chi connectivity index (χ3v) is 3.76. The minimum Gasteiger partial charge on any atom is -0.497 e. The maximum Gasteiger partial charge on any atom is 0.257 e. The number of fused-ring (bicyclic) bond motifs is 1.